The molecule has 0 bridgehead atoms. The van der Waals surface area contributed by atoms with Gasteiger partial charge in [-0.15, -0.1) is 0 Å². The summed E-state index contributed by atoms with van der Waals surface area (Å²) in [5.74, 6) is -1.28. The van der Waals surface area contributed by atoms with Gasteiger partial charge in [0.05, 0.1) is 6.61 Å². The Balaban J connectivity index is 4.29. The third kappa shape index (κ3) is 7.12. The van der Waals surface area contributed by atoms with Crippen molar-refractivity contribution in [2.24, 2.45) is 17.1 Å². The van der Waals surface area contributed by atoms with Crippen molar-refractivity contribution in [2.45, 2.75) is 46.1 Å². The van der Waals surface area contributed by atoms with Crippen molar-refractivity contribution in [1.82, 2.24) is 5.32 Å². The molecular weight excluding hydrogens is 248 g/mol. The van der Waals surface area contributed by atoms with Gasteiger partial charge in [0.2, 0.25) is 5.91 Å². The molecule has 0 aromatic rings. The summed E-state index contributed by atoms with van der Waals surface area (Å²) in [7, 11) is 0. The number of carboxylic acids is 1. The first-order valence-corrected chi connectivity index (χ1v) is 6.55. The van der Waals surface area contributed by atoms with Gasteiger partial charge in [0.25, 0.3) is 0 Å². The highest BCUT2D eigenvalue weighted by molar-refractivity contribution is 5.83. The average Bonchev–Trinajstić information content (AvgIpc) is 2.29. The lowest BCUT2D eigenvalue weighted by Gasteiger charge is -2.30. The predicted molar refractivity (Wildman–Crippen MR) is 72.5 cm³/mol. The average molecular weight is 274 g/mol. The van der Waals surface area contributed by atoms with Gasteiger partial charge in [-0.25, -0.2) is 4.79 Å². The van der Waals surface area contributed by atoms with Crippen molar-refractivity contribution in [3.8, 4) is 0 Å². The van der Waals surface area contributed by atoms with Gasteiger partial charge in [0, 0.05) is 6.42 Å². The van der Waals surface area contributed by atoms with Crippen molar-refractivity contribution in [1.29, 1.82) is 0 Å². The second kappa shape index (κ2) is 8.12. The third-order valence-electron chi connectivity index (χ3n) is 3.28. The van der Waals surface area contributed by atoms with Crippen LogP contribution < -0.4 is 11.1 Å². The van der Waals surface area contributed by atoms with E-state index in [1.165, 1.54) is 0 Å². The summed E-state index contributed by atoms with van der Waals surface area (Å²) in [6.45, 7) is 6.25. The lowest BCUT2D eigenvalue weighted by atomic mass is 9.76. The Hall–Kier alpha value is -1.14. The van der Waals surface area contributed by atoms with Crippen molar-refractivity contribution in [2.75, 3.05) is 13.2 Å². The van der Waals surface area contributed by atoms with Crippen LogP contribution in [0.25, 0.3) is 0 Å². The van der Waals surface area contributed by atoms with Crippen molar-refractivity contribution >= 4 is 11.9 Å². The number of aliphatic carboxylic acids is 1. The van der Waals surface area contributed by atoms with Crippen molar-refractivity contribution < 1.29 is 19.8 Å². The Morgan fingerprint density at radius 2 is 1.84 bits per heavy atom. The zero-order valence-electron chi connectivity index (χ0n) is 12.0. The summed E-state index contributed by atoms with van der Waals surface area (Å²) in [6, 6.07) is -1.23. The van der Waals surface area contributed by atoms with E-state index in [0.717, 1.165) is 6.42 Å². The highest BCUT2D eigenvalue weighted by Gasteiger charge is 2.25. The van der Waals surface area contributed by atoms with Crippen LogP contribution in [0.2, 0.25) is 0 Å². The van der Waals surface area contributed by atoms with Gasteiger partial charge in [0.1, 0.15) is 6.04 Å². The van der Waals surface area contributed by atoms with Gasteiger partial charge in [-0.1, -0.05) is 20.8 Å². The molecule has 0 aliphatic rings. The first kappa shape index (κ1) is 17.9. The number of carboxylic acid groups (broad SMARTS) is 1. The first-order valence-electron chi connectivity index (χ1n) is 6.55. The minimum Gasteiger partial charge on any atom is -0.480 e. The highest BCUT2D eigenvalue weighted by Crippen LogP contribution is 2.31. The summed E-state index contributed by atoms with van der Waals surface area (Å²) in [5.41, 5.74) is 5.62. The number of rotatable bonds is 8. The minimum absolute atomic E-state index is 0.0584. The number of nitrogens with one attached hydrogen (secondary N) is 1. The van der Waals surface area contributed by atoms with E-state index in [-0.39, 0.29) is 17.7 Å². The van der Waals surface area contributed by atoms with E-state index >= 15 is 0 Å². The van der Waals surface area contributed by atoms with Crippen LogP contribution in [0, 0.1) is 11.3 Å². The molecule has 5 N–H and O–H groups in total. The Morgan fingerprint density at radius 1 is 1.26 bits per heavy atom. The Kier molecular flexibility index (Phi) is 7.63. The minimum atomic E-state index is -1.23. The summed E-state index contributed by atoms with van der Waals surface area (Å²) in [4.78, 5) is 22.3. The van der Waals surface area contributed by atoms with Gasteiger partial charge in [-0.2, -0.15) is 0 Å². The summed E-state index contributed by atoms with van der Waals surface area (Å²) >= 11 is 0. The maximum atomic E-state index is 11.6. The van der Waals surface area contributed by atoms with E-state index in [1.807, 2.05) is 0 Å². The van der Waals surface area contributed by atoms with E-state index < -0.39 is 18.6 Å². The fraction of sp³-hybridized carbons (Fsp3) is 0.846. The van der Waals surface area contributed by atoms with Crippen LogP contribution >= 0.6 is 0 Å². The molecule has 0 saturated carbocycles. The maximum absolute atomic E-state index is 11.6. The van der Waals surface area contributed by atoms with Gasteiger partial charge in [-0.3, -0.25) is 4.79 Å². The molecule has 0 saturated heterocycles. The zero-order chi connectivity index (χ0) is 15.1. The predicted octanol–water partition coefficient (Wildman–Crippen LogP) is 0.339. The fourth-order valence-corrected chi connectivity index (χ4v) is 1.97. The monoisotopic (exact) mass is 274 g/mol. The second-order valence-corrected chi connectivity index (χ2v) is 5.82. The standard InChI is InChI=1S/C13H26N2O4/c1-13(2,3)9(6-7-14)4-5-11(17)15-10(8-16)12(18)19/h9-10,16H,4-8,14H2,1-3H3,(H,15,17)(H,18,19). The van der Waals surface area contributed by atoms with Gasteiger partial charge < -0.3 is 21.3 Å². The molecular formula is C13H26N2O4. The summed E-state index contributed by atoms with van der Waals surface area (Å²) in [5, 5.41) is 19.8. The smallest absolute Gasteiger partial charge is 0.328 e. The summed E-state index contributed by atoms with van der Waals surface area (Å²) in [6.07, 6.45) is 1.73. The normalized spacial score (nSPS) is 14.8. The lowest BCUT2D eigenvalue weighted by molar-refractivity contribution is -0.143. The van der Waals surface area contributed by atoms with E-state index in [4.69, 9.17) is 15.9 Å². The molecule has 0 aliphatic heterocycles. The molecule has 0 rings (SSSR count). The van der Waals surface area contributed by atoms with Crippen LogP contribution in [-0.2, 0) is 9.59 Å². The Bertz CT molecular complexity index is 300. The zero-order valence-corrected chi connectivity index (χ0v) is 12.0. The van der Waals surface area contributed by atoms with Crippen LogP contribution in [0.5, 0.6) is 0 Å². The number of hydrogen-bond donors (Lipinski definition) is 4. The molecule has 0 heterocycles. The van der Waals surface area contributed by atoms with Gasteiger partial charge in [0.15, 0.2) is 0 Å². The van der Waals surface area contributed by atoms with E-state index in [2.05, 4.69) is 26.1 Å². The second-order valence-electron chi connectivity index (χ2n) is 5.82. The molecule has 19 heavy (non-hydrogen) atoms. The molecule has 0 aromatic carbocycles. The van der Waals surface area contributed by atoms with Crippen molar-refractivity contribution in [3.63, 3.8) is 0 Å². The van der Waals surface area contributed by atoms with Crippen LogP contribution in [-0.4, -0.2) is 41.3 Å². The number of carbonyl (C=O) groups excluding carboxylic acids is 1. The van der Waals surface area contributed by atoms with Crippen LogP contribution in [0.3, 0.4) is 0 Å². The number of aliphatic hydroxyl groups is 1. The third-order valence-corrected chi connectivity index (χ3v) is 3.28. The molecule has 6 nitrogen and oxygen atoms in total. The van der Waals surface area contributed by atoms with E-state index in [0.29, 0.717) is 18.9 Å². The molecule has 2 unspecified atom stereocenters. The molecule has 112 valence electrons. The largest absolute Gasteiger partial charge is 0.480 e. The van der Waals surface area contributed by atoms with E-state index in [1.54, 1.807) is 0 Å². The maximum Gasteiger partial charge on any atom is 0.328 e. The first-order chi connectivity index (χ1) is 8.72. The molecule has 1 amide bonds. The molecule has 0 radical (unpaired) electrons. The fourth-order valence-electron chi connectivity index (χ4n) is 1.97. The quantitative estimate of drug-likeness (QED) is 0.510. The molecule has 2 atom stereocenters. The number of nitrogens with two attached hydrogens (primary N) is 1. The molecule has 6 heteroatoms. The number of amides is 1. The SMILES string of the molecule is CC(C)(C)C(CCN)CCC(=O)NC(CO)C(=O)O. The van der Waals surface area contributed by atoms with E-state index in [9.17, 15) is 9.59 Å². The molecule has 0 spiro atoms. The molecule has 0 fully saturated rings. The van der Waals surface area contributed by atoms with Crippen LogP contribution in [0.4, 0.5) is 0 Å². The van der Waals surface area contributed by atoms with Gasteiger partial charge in [-0.05, 0) is 30.7 Å². The van der Waals surface area contributed by atoms with Crippen LogP contribution in [0.15, 0.2) is 0 Å². The highest BCUT2D eigenvalue weighted by atomic mass is 16.4. The number of aliphatic hydroxyl groups excluding tert-OH is 1. The van der Waals surface area contributed by atoms with Gasteiger partial charge >= 0.3 is 5.97 Å². The number of hydrogen-bond acceptors (Lipinski definition) is 4. The Morgan fingerprint density at radius 3 is 2.21 bits per heavy atom. The molecule has 0 aliphatic carbocycles. The van der Waals surface area contributed by atoms with Crippen LogP contribution in [0.1, 0.15) is 40.0 Å². The molecule has 0 aromatic heterocycles. The summed E-state index contributed by atoms with van der Waals surface area (Å²) < 4.78 is 0. The number of carbonyl (C=O) groups is 2. The topological polar surface area (TPSA) is 113 Å². The lowest BCUT2D eigenvalue weighted by Crippen LogP contribution is -2.43. The van der Waals surface area contributed by atoms with Crippen molar-refractivity contribution in [3.05, 3.63) is 0 Å². The Labute approximate surface area is 114 Å².